The van der Waals surface area contributed by atoms with Crippen LogP contribution >= 0.6 is 27.7 Å². The summed E-state index contributed by atoms with van der Waals surface area (Å²) in [5.74, 6) is -1.85. The minimum absolute atomic E-state index is 0.00139. The number of nitrogens with zero attached hydrogens (tertiary/aromatic N) is 1. The van der Waals surface area contributed by atoms with Gasteiger partial charge in [-0.2, -0.15) is 0 Å². The molecule has 196 valence electrons. The van der Waals surface area contributed by atoms with Crippen LogP contribution in [0.15, 0.2) is 48.5 Å². The summed E-state index contributed by atoms with van der Waals surface area (Å²) in [4.78, 5) is 43.0. The summed E-state index contributed by atoms with van der Waals surface area (Å²) in [6.07, 6.45) is 1.01. The van der Waals surface area contributed by atoms with E-state index in [0.717, 1.165) is 16.7 Å². The van der Waals surface area contributed by atoms with E-state index in [4.69, 9.17) is 0 Å². The molecular formula is C28H32BrN3O4S. The molecule has 3 heterocycles. The number of anilines is 1. The van der Waals surface area contributed by atoms with Gasteiger partial charge in [0.15, 0.2) is 0 Å². The number of nitrogens with one attached hydrogen (secondary N) is 2. The number of carbonyl (C=O) groups is 3. The molecule has 3 amide bonds. The second kappa shape index (κ2) is 10.1. The average molecular weight is 587 g/mol. The fourth-order valence-corrected chi connectivity index (χ4v) is 10.0. The van der Waals surface area contributed by atoms with E-state index in [0.29, 0.717) is 18.5 Å². The van der Waals surface area contributed by atoms with Crippen molar-refractivity contribution in [1.82, 2.24) is 10.2 Å². The molecule has 3 unspecified atom stereocenters. The fourth-order valence-electron chi connectivity index (χ4n) is 6.44. The number of alkyl halides is 1. The number of aliphatic hydroxyl groups is 1. The van der Waals surface area contributed by atoms with Gasteiger partial charge in [0.25, 0.3) is 0 Å². The third-order valence-corrected chi connectivity index (χ3v) is 11.3. The third kappa shape index (κ3) is 4.29. The molecule has 7 atom stereocenters. The highest BCUT2D eigenvalue weighted by molar-refractivity contribution is 9.09. The van der Waals surface area contributed by atoms with E-state index >= 15 is 0 Å². The predicted octanol–water partition coefficient (Wildman–Crippen LogP) is 3.06. The van der Waals surface area contributed by atoms with Gasteiger partial charge in [0.2, 0.25) is 17.7 Å². The number of hydrogen-bond acceptors (Lipinski definition) is 5. The monoisotopic (exact) mass is 585 g/mol. The van der Waals surface area contributed by atoms with E-state index in [1.807, 2.05) is 62.4 Å². The molecule has 2 bridgehead atoms. The molecule has 9 heteroatoms. The van der Waals surface area contributed by atoms with Crippen LogP contribution in [0.5, 0.6) is 0 Å². The highest BCUT2D eigenvalue weighted by atomic mass is 79.9. The number of benzene rings is 2. The summed E-state index contributed by atoms with van der Waals surface area (Å²) >= 11 is 5.36. The van der Waals surface area contributed by atoms with Crippen molar-refractivity contribution in [3.8, 4) is 0 Å². The Morgan fingerprint density at radius 2 is 1.92 bits per heavy atom. The van der Waals surface area contributed by atoms with Gasteiger partial charge in [-0.15, -0.1) is 11.8 Å². The van der Waals surface area contributed by atoms with E-state index in [1.165, 1.54) is 0 Å². The van der Waals surface area contributed by atoms with Gasteiger partial charge in [0.05, 0.1) is 29.2 Å². The first kappa shape index (κ1) is 26.3. The molecule has 1 spiro atoms. The van der Waals surface area contributed by atoms with E-state index in [-0.39, 0.29) is 34.4 Å². The van der Waals surface area contributed by atoms with Crippen LogP contribution in [0.25, 0.3) is 0 Å². The zero-order valence-corrected chi connectivity index (χ0v) is 23.5. The number of thioether (sulfide) groups is 1. The highest BCUT2D eigenvalue weighted by Crippen LogP contribution is 2.68. The molecule has 2 aromatic rings. The Morgan fingerprint density at radius 3 is 2.59 bits per heavy atom. The Morgan fingerprint density at radius 1 is 1.19 bits per heavy atom. The average Bonchev–Trinajstić information content (AvgIpc) is 3.48. The fraction of sp³-hybridized carbons (Fsp3) is 0.464. The Labute approximate surface area is 229 Å². The van der Waals surface area contributed by atoms with Crippen LogP contribution in [0.4, 0.5) is 5.69 Å². The zero-order chi connectivity index (χ0) is 26.5. The molecule has 37 heavy (non-hydrogen) atoms. The lowest BCUT2D eigenvalue weighted by molar-refractivity contribution is -0.141. The maximum atomic E-state index is 14.2. The molecule has 0 saturated carbocycles. The smallest absolute Gasteiger partial charge is 0.248 e. The van der Waals surface area contributed by atoms with Crippen LogP contribution < -0.4 is 10.6 Å². The van der Waals surface area contributed by atoms with Gasteiger partial charge < -0.3 is 20.6 Å². The molecule has 3 fully saturated rings. The quantitative estimate of drug-likeness (QED) is 0.434. The van der Waals surface area contributed by atoms with E-state index in [1.54, 1.807) is 23.7 Å². The van der Waals surface area contributed by atoms with E-state index < -0.39 is 28.7 Å². The first-order valence-electron chi connectivity index (χ1n) is 12.6. The number of amides is 3. The van der Waals surface area contributed by atoms with Gasteiger partial charge in [-0.1, -0.05) is 58.4 Å². The molecule has 0 aromatic heterocycles. The van der Waals surface area contributed by atoms with Crippen molar-refractivity contribution in [2.75, 3.05) is 19.0 Å². The van der Waals surface area contributed by atoms with Crippen LogP contribution in [-0.2, 0) is 20.8 Å². The number of aliphatic hydroxyl groups excluding tert-OH is 1. The molecule has 5 rings (SSSR count). The van der Waals surface area contributed by atoms with Crippen molar-refractivity contribution in [2.45, 2.75) is 53.6 Å². The maximum Gasteiger partial charge on any atom is 0.248 e. The predicted molar refractivity (Wildman–Crippen MR) is 149 cm³/mol. The topological polar surface area (TPSA) is 98.7 Å². The minimum atomic E-state index is -0.824. The Bertz CT molecular complexity index is 1230. The summed E-state index contributed by atoms with van der Waals surface area (Å²) in [6, 6.07) is 14.1. The van der Waals surface area contributed by atoms with Crippen LogP contribution in [0.3, 0.4) is 0 Å². The van der Waals surface area contributed by atoms with E-state index in [2.05, 4.69) is 26.6 Å². The van der Waals surface area contributed by atoms with Gasteiger partial charge in [-0.05, 0) is 49.4 Å². The summed E-state index contributed by atoms with van der Waals surface area (Å²) in [7, 11) is 1.59. The summed E-state index contributed by atoms with van der Waals surface area (Å²) in [6.45, 7) is 3.62. The molecular weight excluding hydrogens is 554 g/mol. The number of halogens is 1. The number of fused-ring (bicyclic) bond motifs is 1. The van der Waals surface area contributed by atoms with Crippen LogP contribution in [0, 0.1) is 25.7 Å². The molecule has 3 aliphatic rings. The van der Waals surface area contributed by atoms with Gasteiger partial charge in [-0.3, -0.25) is 14.4 Å². The summed E-state index contributed by atoms with van der Waals surface area (Å²) in [5.41, 5.74) is 3.62. The summed E-state index contributed by atoms with van der Waals surface area (Å²) in [5, 5.41) is 16.3. The number of aryl methyl sites for hydroxylation is 2. The molecule has 0 radical (unpaired) electrons. The largest absolute Gasteiger partial charge is 0.394 e. The Balaban J connectivity index is 1.58. The molecule has 3 saturated heterocycles. The minimum Gasteiger partial charge on any atom is -0.394 e. The molecule has 0 aliphatic carbocycles. The first-order chi connectivity index (χ1) is 17.7. The van der Waals surface area contributed by atoms with Crippen molar-refractivity contribution in [3.05, 3.63) is 65.2 Å². The Kier molecular flexibility index (Phi) is 7.15. The van der Waals surface area contributed by atoms with Gasteiger partial charge in [0, 0.05) is 22.8 Å². The lowest BCUT2D eigenvalue weighted by atomic mass is 9.70. The second-order valence-corrected chi connectivity index (χ2v) is 13.1. The zero-order valence-electron chi connectivity index (χ0n) is 21.1. The lowest BCUT2D eigenvalue weighted by Gasteiger charge is -2.37. The van der Waals surface area contributed by atoms with Crippen molar-refractivity contribution in [1.29, 1.82) is 0 Å². The third-order valence-electron chi connectivity index (χ3n) is 8.09. The van der Waals surface area contributed by atoms with Crippen molar-refractivity contribution >= 4 is 51.1 Å². The standard InChI is InChI=1S/C28H32BrN3O4S/c1-15-9-10-16(2)20(11-15)31-26(35)24-28-13-19(29)23(37-28)21(25(34)30-3)22(28)27(36)32(24)18(14-33)12-17-7-5-4-6-8-17/h4-11,18-19,21-24,33H,12-14H2,1-3H3,(H,30,34)(H,31,35)/t18-,19?,21-,22+,23-,24?,28?/m1/s1. The van der Waals surface area contributed by atoms with E-state index in [9.17, 15) is 19.5 Å². The molecule has 7 nitrogen and oxygen atoms in total. The lowest BCUT2D eigenvalue weighted by Crippen LogP contribution is -2.55. The maximum absolute atomic E-state index is 14.2. The molecule has 3 N–H and O–H groups in total. The van der Waals surface area contributed by atoms with Gasteiger partial charge in [-0.25, -0.2) is 0 Å². The molecule has 2 aromatic carbocycles. The van der Waals surface area contributed by atoms with Gasteiger partial charge >= 0.3 is 0 Å². The normalized spacial score (nSPS) is 30.8. The summed E-state index contributed by atoms with van der Waals surface area (Å²) < 4.78 is -0.765. The van der Waals surface area contributed by atoms with Crippen LogP contribution in [-0.4, -0.2) is 68.3 Å². The highest BCUT2D eigenvalue weighted by Gasteiger charge is 2.76. The van der Waals surface area contributed by atoms with Crippen LogP contribution in [0.1, 0.15) is 23.1 Å². The van der Waals surface area contributed by atoms with Gasteiger partial charge in [0.1, 0.15) is 6.04 Å². The number of carbonyl (C=O) groups excluding carboxylic acids is 3. The Hall–Kier alpha value is -2.36. The van der Waals surface area contributed by atoms with Crippen LogP contribution in [0.2, 0.25) is 0 Å². The SMILES string of the molecule is CNC(=O)[C@H]1[C@@H]2SC3(CC2Br)C(C(=O)Nc2cc(C)ccc2C)N([C@@H](CO)Cc2ccccc2)C(=O)[C@H]13. The van der Waals surface area contributed by atoms with Crippen molar-refractivity contribution in [3.63, 3.8) is 0 Å². The molecule has 3 aliphatic heterocycles. The number of rotatable bonds is 7. The second-order valence-electron chi connectivity index (χ2n) is 10.4. The first-order valence-corrected chi connectivity index (χ1v) is 14.4. The van der Waals surface area contributed by atoms with Crippen molar-refractivity contribution in [2.24, 2.45) is 11.8 Å². The number of hydrogen-bond donors (Lipinski definition) is 3. The van der Waals surface area contributed by atoms with Crippen molar-refractivity contribution < 1.29 is 19.5 Å². The number of likely N-dealkylation sites (tertiary alicyclic amines) is 1.